The van der Waals surface area contributed by atoms with Crippen LogP contribution in [0.15, 0.2) is 0 Å². The van der Waals surface area contributed by atoms with E-state index in [4.69, 9.17) is 18.9 Å². The van der Waals surface area contributed by atoms with E-state index in [1.807, 2.05) is 6.92 Å². The van der Waals surface area contributed by atoms with Gasteiger partial charge in [0.15, 0.2) is 0 Å². The van der Waals surface area contributed by atoms with Crippen LogP contribution < -0.4 is 0 Å². The maximum absolute atomic E-state index is 9.91. The average molecular weight is 220 g/mol. The number of carbonyl (C=O) groups is 1. The Balaban J connectivity index is 2.83. The molecule has 0 spiro atoms. The van der Waals surface area contributed by atoms with Gasteiger partial charge in [-0.15, -0.1) is 0 Å². The molecular weight excluding hydrogens is 200 g/mol. The summed E-state index contributed by atoms with van der Waals surface area (Å²) in [4.78, 5) is 9.91. The predicted octanol–water partition coefficient (Wildman–Crippen LogP) is 0.619. The fraction of sp³-hybridized carbons (Fsp3) is 0.900. The number of aldehydes is 1. The summed E-state index contributed by atoms with van der Waals surface area (Å²) in [7, 11) is 0. The lowest BCUT2D eigenvalue weighted by Crippen LogP contribution is -2.11. The highest BCUT2D eigenvalue weighted by Crippen LogP contribution is 1.83. The molecule has 0 bridgehead atoms. The summed E-state index contributed by atoms with van der Waals surface area (Å²) >= 11 is 0. The monoisotopic (exact) mass is 220 g/mol. The fourth-order valence-electron chi connectivity index (χ4n) is 0.790. The minimum Gasteiger partial charge on any atom is -0.379 e. The van der Waals surface area contributed by atoms with E-state index in [9.17, 15) is 4.79 Å². The van der Waals surface area contributed by atoms with Crippen LogP contribution in [-0.4, -0.2) is 52.7 Å². The third kappa shape index (κ3) is 13.5. The maximum Gasteiger partial charge on any atom is 0.146 e. The Morgan fingerprint density at radius 1 is 0.867 bits per heavy atom. The number of hydrogen-bond donors (Lipinski definition) is 0. The number of hydrogen-bond acceptors (Lipinski definition) is 5. The van der Waals surface area contributed by atoms with Crippen molar-refractivity contribution in [3.63, 3.8) is 0 Å². The van der Waals surface area contributed by atoms with E-state index in [1.165, 1.54) is 0 Å². The summed E-state index contributed by atoms with van der Waals surface area (Å²) in [5, 5.41) is 0. The smallest absolute Gasteiger partial charge is 0.146 e. The van der Waals surface area contributed by atoms with Crippen LogP contribution in [0.3, 0.4) is 0 Å². The van der Waals surface area contributed by atoms with Gasteiger partial charge in [0.1, 0.15) is 13.1 Å². The zero-order valence-corrected chi connectivity index (χ0v) is 9.28. The summed E-state index contributed by atoms with van der Waals surface area (Å²) in [6.45, 7) is 5.51. The molecule has 0 aliphatic rings. The molecule has 5 nitrogen and oxygen atoms in total. The van der Waals surface area contributed by atoms with Crippen molar-refractivity contribution in [2.24, 2.45) is 0 Å². The third-order valence-corrected chi connectivity index (χ3v) is 1.49. The van der Waals surface area contributed by atoms with Crippen molar-refractivity contribution >= 4 is 6.29 Å². The normalized spacial score (nSPS) is 10.5. The van der Waals surface area contributed by atoms with Gasteiger partial charge in [-0.25, -0.2) is 0 Å². The van der Waals surface area contributed by atoms with Crippen molar-refractivity contribution in [3.05, 3.63) is 0 Å². The van der Waals surface area contributed by atoms with Gasteiger partial charge in [0.2, 0.25) is 0 Å². The van der Waals surface area contributed by atoms with Crippen LogP contribution in [0.5, 0.6) is 0 Å². The van der Waals surface area contributed by atoms with Crippen LogP contribution in [0.25, 0.3) is 0 Å². The van der Waals surface area contributed by atoms with E-state index >= 15 is 0 Å². The van der Waals surface area contributed by atoms with Gasteiger partial charge in [0.25, 0.3) is 0 Å². The Morgan fingerprint density at radius 2 is 1.47 bits per heavy atom. The standard InChI is InChI=1S/C10H20O5/c1-2-12-6-7-13-8-9-15-10-14-5-3-4-11/h4H,2-3,5-10H2,1H3. The Kier molecular flexibility index (Phi) is 13.1. The van der Waals surface area contributed by atoms with E-state index in [2.05, 4.69) is 0 Å². The average Bonchev–Trinajstić information content (AvgIpc) is 2.26. The molecule has 0 aliphatic carbocycles. The molecule has 5 heteroatoms. The fourth-order valence-corrected chi connectivity index (χ4v) is 0.790. The van der Waals surface area contributed by atoms with Crippen molar-refractivity contribution in [1.82, 2.24) is 0 Å². The SMILES string of the molecule is CCOCCOCCOCOCCC=O. The van der Waals surface area contributed by atoms with E-state index in [-0.39, 0.29) is 6.79 Å². The summed E-state index contributed by atoms with van der Waals surface area (Å²) < 4.78 is 20.4. The third-order valence-electron chi connectivity index (χ3n) is 1.49. The van der Waals surface area contributed by atoms with Crippen LogP contribution in [0.2, 0.25) is 0 Å². The lowest BCUT2D eigenvalue weighted by atomic mass is 10.5. The molecule has 90 valence electrons. The molecule has 0 saturated carbocycles. The molecule has 0 fully saturated rings. The summed E-state index contributed by atoms with van der Waals surface area (Å²) in [6.07, 6.45) is 1.23. The quantitative estimate of drug-likeness (QED) is 0.274. The van der Waals surface area contributed by atoms with Crippen molar-refractivity contribution in [2.75, 3.05) is 46.4 Å². The zero-order chi connectivity index (χ0) is 11.2. The summed E-state index contributed by atoms with van der Waals surface area (Å²) in [5.41, 5.74) is 0. The molecule has 0 N–H and O–H groups in total. The van der Waals surface area contributed by atoms with E-state index in [0.717, 1.165) is 6.29 Å². The Labute approximate surface area is 90.6 Å². The summed E-state index contributed by atoms with van der Waals surface area (Å²) in [6, 6.07) is 0. The molecule has 0 aliphatic heterocycles. The molecular formula is C10H20O5. The first-order chi connectivity index (χ1) is 7.41. The molecule has 0 rings (SSSR count). The number of rotatable bonds is 12. The lowest BCUT2D eigenvalue weighted by Gasteiger charge is -2.05. The molecule has 0 aromatic heterocycles. The van der Waals surface area contributed by atoms with Crippen molar-refractivity contribution in [2.45, 2.75) is 13.3 Å². The van der Waals surface area contributed by atoms with Gasteiger partial charge in [0.05, 0.1) is 33.0 Å². The first kappa shape index (κ1) is 14.5. The molecule has 0 amide bonds. The van der Waals surface area contributed by atoms with Crippen LogP contribution in [0.4, 0.5) is 0 Å². The minimum atomic E-state index is 0.211. The number of carbonyl (C=O) groups excluding carboxylic acids is 1. The molecule has 0 saturated heterocycles. The van der Waals surface area contributed by atoms with Gasteiger partial charge in [-0.2, -0.15) is 0 Å². The van der Waals surface area contributed by atoms with Crippen molar-refractivity contribution in [1.29, 1.82) is 0 Å². The highest BCUT2D eigenvalue weighted by molar-refractivity contribution is 5.49. The van der Waals surface area contributed by atoms with Gasteiger partial charge in [-0.3, -0.25) is 0 Å². The number of ether oxygens (including phenoxy) is 4. The lowest BCUT2D eigenvalue weighted by molar-refractivity contribution is -0.111. The molecule has 15 heavy (non-hydrogen) atoms. The van der Waals surface area contributed by atoms with Crippen LogP contribution in [0.1, 0.15) is 13.3 Å². The Hall–Kier alpha value is -0.490. The minimum absolute atomic E-state index is 0.211. The molecule has 0 heterocycles. The van der Waals surface area contributed by atoms with E-state index in [0.29, 0.717) is 46.1 Å². The van der Waals surface area contributed by atoms with Crippen LogP contribution >= 0.6 is 0 Å². The van der Waals surface area contributed by atoms with Gasteiger partial charge in [-0.1, -0.05) is 0 Å². The highest BCUT2D eigenvalue weighted by atomic mass is 16.7. The molecule has 0 atom stereocenters. The largest absolute Gasteiger partial charge is 0.379 e. The molecule has 0 aromatic carbocycles. The highest BCUT2D eigenvalue weighted by Gasteiger charge is 1.90. The predicted molar refractivity (Wildman–Crippen MR) is 54.8 cm³/mol. The molecule has 0 aromatic rings. The van der Waals surface area contributed by atoms with E-state index < -0.39 is 0 Å². The van der Waals surface area contributed by atoms with Crippen molar-refractivity contribution < 1.29 is 23.7 Å². The molecule has 0 unspecified atom stereocenters. The second kappa shape index (κ2) is 13.5. The van der Waals surface area contributed by atoms with Crippen molar-refractivity contribution in [3.8, 4) is 0 Å². The van der Waals surface area contributed by atoms with Crippen LogP contribution in [-0.2, 0) is 23.7 Å². The van der Waals surface area contributed by atoms with Gasteiger partial charge in [0, 0.05) is 13.0 Å². The van der Waals surface area contributed by atoms with Gasteiger partial charge in [-0.05, 0) is 6.92 Å². The van der Waals surface area contributed by atoms with Crippen LogP contribution in [0, 0.1) is 0 Å². The van der Waals surface area contributed by atoms with Gasteiger partial charge < -0.3 is 23.7 Å². The second-order valence-electron chi connectivity index (χ2n) is 2.70. The van der Waals surface area contributed by atoms with Gasteiger partial charge >= 0.3 is 0 Å². The summed E-state index contributed by atoms with van der Waals surface area (Å²) in [5.74, 6) is 0. The molecule has 0 radical (unpaired) electrons. The first-order valence-corrected chi connectivity index (χ1v) is 5.16. The Bertz CT molecular complexity index is 129. The second-order valence-corrected chi connectivity index (χ2v) is 2.70. The first-order valence-electron chi connectivity index (χ1n) is 5.16. The zero-order valence-electron chi connectivity index (χ0n) is 9.28. The topological polar surface area (TPSA) is 54.0 Å². The maximum atomic E-state index is 9.91. The Morgan fingerprint density at radius 3 is 2.13 bits per heavy atom. The van der Waals surface area contributed by atoms with E-state index in [1.54, 1.807) is 0 Å².